The van der Waals surface area contributed by atoms with Gasteiger partial charge >= 0.3 is 0 Å². The van der Waals surface area contributed by atoms with Gasteiger partial charge in [-0.2, -0.15) is 12.6 Å². The number of aryl methyl sites for hydroxylation is 1. The van der Waals surface area contributed by atoms with Crippen molar-refractivity contribution < 1.29 is 9.47 Å². The van der Waals surface area contributed by atoms with Crippen molar-refractivity contribution in [3.8, 4) is 11.5 Å². The van der Waals surface area contributed by atoms with Gasteiger partial charge in [0.2, 0.25) is 0 Å². The lowest BCUT2D eigenvalue weighted by Gasteiger charge is -2.10. The summed E-state index contributed by atoms with van der Waals surface area (Å²) >= 11 is 4.17. The molecule has 1 aromatic carbocycles. The quantitative estimate of drug-likeness (QED) is 0.581. The Morgan fingerprint density at radius 1 is 1.12 bits per heavy atom. The van der Waals surface area contributed by atoms with Crippen molar-refractivity contribution in [1.29, 1.82) is 0 Å². The SMILES string of the molecule is COc1cc(C)ccc1OCCCCCS. The van der Waals surface area contributed by atoms with E-state index >= 15 is 0 Å². The highest BCUT2D eigenvalue weighted by Gasteiger charge is 2.03. The molecule has 0 fully saturated rings. The van der Waals surface area contributed by atoms with Crippen LogP contribution in [0.2, 0.25) is 0 Å². The van der Waals surface area contributed by atoms with Gasteiger partial charge in [0.1, 0.15) is 0 Å². The van der Waals surface area contributed by atoms with Crippen LogP contribution in [-0.2, 0) is 0 Å². The van der Waals surface area contributed by atoms with Crippen LogP contribution in [0.25, 0.3) is 0 Å². The second-order valence-corrected chi connectivity index (χ2v) is 4.23. The average Bonchev–Trinajstić information content (AvgIpc) is 2.30. The predicted molar refractivity (Wildman–Crippen MR) is 70.9 cm³/mol. The maximum atomic E-state index is 5.68. The number of methoxy groups -OCH3 is 1. The van der Waals surface area contributed by atoms with E-state index in [1.165, 1.54) is 5.56 Å². The molecule has 0 heterocycles. The van der Waals surface area contributed by atoms with Gasteiger partial charge in [-0.05, 0) is 49.6 Å². The molecule has 0 N–H and O–H groups in total. The first-order valence-corrected chi connectivity index (χ1v) is 6.29. The zero-order valence-electron chi connectivity index (χ0n) is 10.0. The Labute approximate surface area is 103 Å². The van der Waals surface area contributed by atoms with E-state index in [4.69, 9.17) is 9.47 Å². The molecule has 0 radical (unpaired) electrons. The van der Waals surface area contributed by atoms with Crippen molar-refractivity contribution in [3.63, 3.8) is 0 Å². The minimum atomic E-state index is 0.743. The summed E-state index contributed by atoms with van der Waals surface area (Å²) in [5.74, 6) is 2.60. The van der Waals surface area contributed by atoms with Gasteiger partial charge < -0.3 is 9.47 Å². The molecular formula is C13H20O2S. The summed E-state index contributed by atoms with van der Waals surface area (Å²) in [5, 5.41) is 0. The molecule has 0 amide bonds. The number of rotatable bonds is 7. The van der Waals surface area contributed by atoms with Gasteiger partial charge in [0.05, 0.1) is 13.7 Å². The molecule has 0 aliphatic heterocycles. The molecule has 0 aliphatic carbocycles. The zero-order valence-corrected chi connectivity index (χ0v) is 10.9. The number of hydrogen-bond acceptors (Lipinski definition) is 3. The van der Waals surface area contributed by atoms with Crippen molar-refractivity contribution in [1.82, 2.24) is 0 Å². The van der Waals surface area contributed by atoms with E-state index in [1.54, 1.807) is 7.11 Å². The molecule has 0 saturated heterocycles. The van der Waals surface area contributed by atoms with Gasteiger partial charge in [0.25, 0.3) is 0 Å². The molecule has 16 heavy (non-hydrogen) atoms. The molecule has 0 saturated carbocycles. The third kappa shape index (κ3) is 4.35. The molecule has 0 unspecified atom stereocenters. The van der Waals surface area contributed by atoms with E-state index in [1.807, 2.05) is 25.1 Å². The summed E-state index contributed by atoms with van der Waals surface area (Å²) in [6, 6.07) is 5.99. The third-order valence-corrected chi connectivity index (χ3v) is 2.70. The molecule has 2 nitrogen and oxygen atoms in total. The van der Waals surface area contributed by atoms with Crippen LogP contribution >= 0.6 is 12.6 Å². The Hall–Kier alpha value is -0.830. The second-order valence-electron chi connectivity index (χ2n) is 3.79. The summed E-state index contributed by atoms with van der Waals surface area (Å²) in [4.78, 5) is 0. The van der Waals surface area contributed by atoms with E-state index in [0.717, 1.165) is 43.1 Å². The van der Waals surface area contributed by atoms with Gasteiger partial charge in [-0.1, -0.05) is 6.07 Å². The molecule has 1 rings (SSSR count). The topological polar surface area (TPSA) is 18.5 Å². The molecule has 90 valence electrons. The Kier molecular flexibility index (Phi) is 6.16. The third-order valence-electron chi connectivity index (χ3n) is 2.38. The van der Waals surface area contributed by atoms with Crippen LogP contribution in [0.15, 0.2) is 18.2 Å². The highest BCUT2D eigenvalue weighted by atomic mass is 32.1. The van der Waals surface area contributed by atoms with Crippen LogP contribution in [0.3, 0.4) is 0 Å². The van der Waals surface area contributed by atoms with E-state index in [-0.39, 0.29) is 0 Å². The Bertz CT molecular complexity index is 313. The first-order valence-electron chi connectivity index (χ1n) is 5.66. The lowest BCUT2D eigenvalue weighted by atomic mass is 10.2. The fourth-order valence-corrected chi connectivity index (χ4v) is 1.69. The molecule has 0 spiro atoms. The summed E-state index contributed by atoms with van der Waals surface area (Å²) < 4.78 is 10.9. The molecular weight excluding hydrogens is 220 g/mol. The van der Waals surface area contributed by atoms with Gasteiger partial charge in [0, 0.05) is 0 Å². The minimum absolute atomic E-state index is 0.743. The smallest absolute Gasteiger partial charge is 0.161 e. The predicted octanol–water partition coefficient (Wildman–Crippen LogP) is 3.48. The van der Waals surface area contributed by atoms with Crippen molar-refractivity contribution in [3.05, 3.63) is 23.8 Å². The maximum Gasteiger partial charge on any atom is 0.161 e. The lowest BCUT2D eigenvalue weighted by molar-refractivity contribution is 0.286. The highest BCUT2D eigenvalue weighted by molar-refractivity contribution is 7.80. The normalized spacial score (nSPS) is 10.2. The second kappa shape index (κ2) is 7.44. The summed E-state index contributed by atoms with van der Waals surface area (Å²) in [6.45, 7) is 2.78. The van der Waals surface area contributed by atoms with Gasteiger partial charge in [-0.25, -0.2) is 0 Å². The van der Waals surface area contributed by atoms with Crippen LogP contribution in [0, 0.1) is 6.92 Å². The van der Waals surface area contributed by atoms with Crippen LogP contribution in [0.4, 0.5) is 0 Å². The monoisotopic (exact) mass is 240 g/mol. The van der Waals surface area contributed by atoms with Gasteiger partial charge in [-0.15, -0.1) is 0 Å². The van der Waals surface area contributed by atoms with E-state index in [9.17, 15) is 0 Å². The fourth-order valence-electron chi connectivity index (χ4n) is 1.47. The summed E-state index contributed by atoms with van der Waals surface area (Å²) in [5.41, 5.74) is 1.18. The largest absolute Gasteiger partial charge is 0.493 e. The van der Waals surface area contributed by atoms with Gasteiger partial charge in [0.15, 0.2) is 11.5 Å². The maximum absolute atomic E-state index is 5.68. The van der Waals surface area contributed by atoms with Crippen LogP contribution in [-0.4, -0.2) is 19.5 Å². The Morgan fingerprint density at radius 3 is 2.62 bits per heavy atom. The average molecular weight is 240 g/mol. The zero-order chi connectivity index (χ0) is 11.8. The van der Waals surface area contributed by atoms with E-state index in [0.29, 0.717) is 0 Å². The van der Waals surface area contributed by atoms with Crippen molar-refractivity contribution in [2.75, 3.05) is 19.5 Å². The van der Waals surface area contributed by atoms with Crippen molar-refractivity contribution in [2.24, 2.45) is 0 Å². The number of hydrogen-bond donors (Lipinski definition) is 1. The van der Waals surface area contributed by atoms with Crippen molar-refractivity contribution >= 4 is 12.6 Å². The van der Waals surface area contributed by atoms with Gasteiger partial charge in [-0.3, -0.25) is 0 Å². The molecule has 0 bridgehead atoms. The summed E-state index contributed by atoms with van der Waals surface area (Å²) in [6.07, 6.45) is 3.38. The van der Waals surface area contributed by atoms with E-state index < -0.39 is 0 Å². The fraction of sp³-hybridized carbons (Fsp3) is 0.538. The number of ether oxygens (including phenoxy) is 2. The first-order chi connectivity index (χ1) is 7.77. The van der Waals surface area contributed by atoms with Crippen LogP contribution in [0.5, 0.6) is 11.5 Å². The highest BCUT2D eigenvalue weighted by Crippen LogP contribution is 2.27. The Morgan fingerprint density at radius 2 is 1.94 bits per heavy atom. The van der Waals surface area contributed by atoms with Crippen molar-refractivity contribution in [2.45, 2.75) is 26.2 Å². The number of unbranched alkanes of at least 4 members (excludes halogenated alkanes) is 2. The number of benzene rings is 1. The Balaban J connectivity index is 2.41. The molecule has 0 aliphatic rings. The molecule has 0 aromatic heterocycles. The summed E-state index contributed by atoms with van der Waals surface area (Å²) in [7, 11) is 1.67. The molecule has 3 heteroatoms. The van der Waals surface area contributed by atoms with Crippen LogP contribution < -0.4 is 9.47 Å². The van der Waals surface area contributed by atoms with E-state index in [2.05, 4.69) is 12.6 Å². The minimum Gasteiger partial charge on any atom is -0.493 e. The standard InChI is InChI=1S/C13H20O2S/c1-11-6-7-12(13(10-11)14-2)15-8-4-3-5-9-16/h6-7,10,16H,3-5,8-9H2,1-2H3. The first kappa shape index (κ1) is 13.2. The molecule has 1 aromatic rings. The molecule has 0 atom stereocenters. The van der Waals surface area contributed by atoms with Crippen LogP contribution in [0.1, 0.15) is 24.8 Å². The lowest BCUT2D eigenvalue weighted by Crippen LogP contribution is -1.99. The number of thiol groups is 1.